The quantitative estimate of drug-likeness (QED) is 0.343. The van der Waals surface area contributed by atoms with Crippen LogP contribution in [0.1, 0.15) is 39.4 Å². The highest BCUT2D eigenvalue weighted by Gasteiger charge is 2.17. The van der Waals surface area contributed by atoms with Gasteiger partial charge in [0.1, 0.15) is 0 Å². The van der Waals surface area contributed by atoms with Gasteiger partial charge in [0.2, 0.25) is 5.91 Å². The number of hydrogen-bond donors (Lipinski definition) is 2. The first-order valence-electron chi connectivity index (χ1n) is 8.61. The second-order valence-electron chi connectivity index (χ2n) is 6.16. The molecular weight excluding hydrogens is 386 g/mol. The van der Waals surface area contributed by atoms with Crippen LogP contribution in [0.3, 0.4) is 0 Å². The van der Waals surface area contributed by atoms with E-state index < -0.39 is 4.92 Å². The molecule has 3 rings (SSSR count). The van der Waals surface area contributed by atoms with E-state index in [1.807, 2.05) is 6.07 Å². The predicted octanol–water partition coefficient (Wildman–Crippen LogP) is 3.48. The van der Waals surface area contributed by atoms with Gasteiger partial charge in [-0.3, -0.25) is 30.6 Å². The van der Waals surface area contributed by atoms with E-state index in [4.69, 9.17) is 0 Å². The summed E-state index contributed by atoms with van der Waals surface area (Å²) in [5, 5.41) is 10.6. The minimum atomic E-state index is -0.471. The molecule has 0 spiro atoms. The summed E-state index contributed by atoms with van der Waals surface area (Å²) in [5.41, 5.74) is 6.12. The van der Waals surface area contributed by atoms with Crippen LogP contribution in [-0.2, 0) is 17.6 Å². The van der Waals surface area contributed by atoms with Crippen LogP contribution in [0.15, 0.2) is 35.2 Å². The van der Waals surface area contributed by atoms with Crippen LogP contribution < -0.4 is 10.9 Å². The Hall–Kier alpha value is -2.39. The van der Waals surface area contributed by atoms with Gasteiger partial charge in [-0.15, -0.1) is 23.1 Å². The summed E-state index contributed by atoms with van der Waals surface area (Å²) in [6, 6.07) is 7.89. The molecule has 1 aromatic carbocycles. The Bertz CT molecular complexity index is 825. The molecule has 1 heterocycles. The van der Waals surface area contributed by atoms with Crippen molar-refractivity contribution in [3.63, 3.8) is 0 Å². The number of non-ortho nitro benzene ring substituents is 1. The standard InChI is InChI=1S/C18H19N3O4S2/c22-17(11-26-14-8-6-13(7-9-14)21(24)25)19-20-18(23)16-10-12-4-2-1-3-5-15(12)27-16/h6-10H,1-5,11H2,(H,19,22)(H,20,23). The van der Waals surface area contributed by atoms with Crippen LogP contribution in [0.4, 0.5) is 5.69 Å². The van der Waals surface area contributed by atoms with Gasteiger partial charge in [0.05, 0.1) is 15.6 Å². The zero-order chi connectivity index (χ0) is 19.2. The Morgan fingerprint density at radius 1 is 1.11 bits per heavy atom. The van der Waals surface area contributed by atoms with E-state index >= 15 is 0 Å². The number of nitrogens with zero attached hydrogens (tertiary/aromatic N) is 1. The SMILES string of the molecule is O=C(CSc1ccc([N+](=O)[O-])cc1)NNC(=O)c1cc2c(s1)CCCCC2. The summed E-state index contributed by atoms with van der Waals surface area (Å²) in [6.07, 6.45) is 5.57. The molecule has 0 saturated heterocycles. The number of hydrazine groups is 1. The first kappa shape index (κ1) is 19.4. The second-order valence-corrected chi connectivity index (χ2v) is 8.35. The first-order chi connectivity index (χ1) is 13.0. The maximum Gasteiger partial charge on any atom is 0.279 e. The van der Waals surface area contributed by atoms with Crippen LogP contribution in [-0.4, -0.2) is 22.5 Å². The molecule has 9 heteroatoms. The number of nitrogens with one attached hydrogen (secondary N) is 2. The number of benzene rings is 1. The van der Waals surface area contributed by atoms with Crippen molar-refractivity contribution in [1.82, 2.24) is 10.9 Å². The van der Waals surface area contributed by atoms with Crippen LogP contribution in [0.2, 0.25) is 0 Å². The molecule has 0 atom stereocenters. The summed E-state index contributed by atoms with van der Waals surface area (Å²) in [5.74, 6) is -0.550. The Morgan fingerprint density at radius 2 is 1.85 bits per heavy atom. The molecular formula is C18H19N3O4S2. The Kier molecular flexibility index (Phi) is 6.46. The molecule has 2 aromatic rings. The molecule has 7 nitrogen and oxygen atoms in total. The van der Waals surface area contributed by atoms with Crippen molar-refractivity contribution in [2.45, 2.75) is 37.0 Å². The summed E-state index contributed by atoms with van der Waals surface area (Å²) in [7, 11) is 0. The topological polar surface area (TPSA) is 101 Å². The Morgan fingerprint density at radius 3 is 2.59 bits per heavy atom. The highest BCUT2D eigenvalue weighted by molar-refractivity contribution is 8.00. The third kappa shape index (κ3) is 5.30. The highest BCUT2D eigenvalue weighted by Crippen LogP contribution is 2.28. The largest absolute Gasteiger partial charge is 0.279 e. The third-order valence-corrected chi connectivity index (χ3v) is 6.45. The molecule has 0 bridgehead atoms. The van der Waals surface area contributed by atoms with Gasteiger partial charge in [-0.25, -0.2) is 0 Å². The minimum absolute atomic E-state index is 0.00501. The second kappa shape index (κ2) is 9.01. The molecule has 0 radical (unpaired) electrons. The maximum atomic E-state index is 12.2. The monoisotopic (exact) mass is 405 g/mol. The number of nitro benzene ring substituents is 1. The number of thioether (sulfide) groups is 1. The van der Waals surface area contributed by atoms with Gasteiger partial charge in [-0.2, -0.15) is 0 Å². The molecule has 142 valence electrons. The van der Waals surface area contributed by atoms with E-state index in [0.29, 0.717) is 4.88 Å². The normalized spacial score (nSPS) is 13.3. The van der Waals surface area contributed by atoms with Crippen molar-refractivity contribution in [2.24, 2.45) is 0 Å². The number of aryl methyl sites for hydroxylation is 2. The smallest absolute Gasteiger partial charge is 0.272 e. The number of carbonyl (C=O) groups excluding carboxylic acids is 2. The molecule has 27 heavy (non-hydrogen) atoms. The van der Waals surface area contributed by atoms with Gasteiger partial charge >= 0.3 is 0 Å². The molecule has 1 aromatic heterocycles. The average Bonchev–Trinajstić information content (AvgIpc) is 2.95. The molecule has 0 saturated carbocycles. The van der Waals surface area contributed by atoms with Crippen LogP contribution in [0, 0.1) is 10.1 Å². The van der Waals surface area contributed by atoms with Crippen LogP contribution in [0.25, 0.3) is 0 Å². The number of thiophene rings is 1. The number of hydrogen-bond acceptors (Lipinski definition) is 6. The molecule has 1 aliphatic carbocycles. The van der Waals surface area contributed by atoms with Crippen molar-refractivity contribution >= 4 is 40.6 Å². The molecule has 1 aliphatic rings. The number of fused-ring (bicyclic) bond motifs is 1. The van der Waals surface area contributed by atoms with E-state index in [1.165, 1.54) is 52.1 Å². The van der Waals surface area contributed by atoms with E-state index in [-0.39, 0.29) is 23.3 Å². The lowest BCUT2D eigenvalue weighted by molar-refractivity contribution is -0.384. The molecule has 2 amide bonds. The van der Waals surface area contributed by atoms with Gasteiger partial charge in [-0.1, -0.05) is 6.42 Å². The molecule has 0 unspecified atom stereocenters. The Balaban J connectivity index is 1.46. The van der Waals surface area contributed by atoms with Gasteiger partial charge in [0, 0.05) is 21.9 Å². The number of carbonyl (C=O) groups is 2. The van der Waals surface area contributed by atoms with Gasteiger partial charge < -0.3 is 0 Å². The van der Waals surface area contributed by atoms with Crippen molar-refractivity contribution in [1.29, 1.82) is 0 Å². The lowest BCUT2D eigenvalue weighted by atomic mass is 10.1. The molecule has 0 aliphatic heterocycles. The van der Waals surface area contributed by atoms with Crippen molar-refractivity contribution in [3.05, 3.63) is 55.8 Å². The number of nitro groups is 1. The number of rotatable bonds is 5. The fraction of sp³-hybridized carbons (Fsp3) is 0.333. The first-order valence-corrected chi connectivity index (χ1v) is 10.4. The van der Waals surface area contributed by atoms with E-state index in [9.17, 15) is 19.7 Å². The molecule has 0 fully saturated rings. The maximum absolute atomic E-state index is 12.2. The lowest BCUT2D eigenvalue weighted by Gasteiger charge is -2.06. The summed E-state index contributed by atoms with van der Waals surface area (Å²) in [6.45, 7) is 0. The average molecular weight is 406 g/mol. The van der Waals surface area contributed by atoms with Crippen molar-refractivity contribution in [3.8, 4) is 0 Å². The van der Waals surface area contributed by atoms with E-state index in [0.717, 1.165) is 30.6 Å². The predicted molar refractivity (Wildman–Crippen MR) is 105 cm³/mol. The third-order valence-electron chi connectivity index (χ3n) is 4.20. The fourth-order valence-corrected chi connectivity index (χ4v) is 4.66. The summed E-state index contributed by atoms with van der Waals surface area (Å²) < 4.78 is 0. The van der Waals surface area contributed by atoms with E-state index in [1.54, 1.807) is 12.1 Å². The van der Waals surface area contributed by atoms with Crippen molar-refractivity contribution in [2.75, 3.05) is 5.75 Å². The summed E-state index contributed by atoms with van der Waals surface area (Å²) in [4.78, 5) is 36.9. The van der Waals surface area contributed by atoms with Crippen LogP contribution in [0.5, 0.6) is 0 Å². The number of amides is 2. The zero-order valence-corrected chi connectivity index (χ0v) is 16.2. The zero-order valence-electron chi connectivity index (χ0n) is 14.5. The van der Waals surface area contributed by atoms with Gasteiger partial charge in [0.25, 0.3) is 11.6 Å². The van der Waals surface area contributed by atoms with Crippen molar-refractivity contribution < 1.29 is 14.5 Å². The highest BCUT2D eigenvalue weighted by atomic mass is 32.2. The fourth-order valence-electron chi connectivity index (χ4n) is 2.82. The minimum Gasteiger partial charge on any atom is -0.272 e. The summed E-state index contributed by atoms with van der Waals surface area (Å²) >= 11 is 2.74. The van der Waals surface area contributed by atoms with E-state index in [2.05, 4.69) is 10.9 Å². The Labute approximate surface area is 164 Å². The van der Waals surface area contributed by atoms with Crippen LogP contribution >= 0.6 is 23.1 Å². The lowest BCUT2D eigenvalue weighted by Crippen LogP contribution is -2.42. The van der Waals surface area contributed by atoms with Gasteiger partial charge in [0.15, 0.2) is 0 Å². The molecule has 2 N–H and O–H groups in total. The van der Waals surface area contributed by atoms with Gasteiger partial charge in [-0.05, 0) is 49.4 Å².